The number of fused-ring (bicyclic) bond motifs is 2. The third kappa shape index (κ3) is 3.64. The third-order valence-corrected chi connectivity index (χ3v) is 6.09. The normalized spacial score (nSPS) is 22.9. The Morgan fingerprint density at radius 3 is 2.52 bits per heavy atom. The van der Waals surface area contributed by atoms with Crippen LogP contribution >= 0.6 is 0 Å². The largest absolute Gasteiger partial charge is 0.505 e. The first-order valence-electron chi connectivity index (χ1n) is 10.1. The molecule has 0 amide bonds. The number of aryl methyl sites for hydroxylation is 1. The fourth-order valence-electron chi connectivity index (χ4n) is 4.46. The Morgan fingerprint density at radius 2 is 1.88 bits per heavy atom. The predicted octanol–water partition coefficient (Wildman–Crippen LogP) is 5.41. The first-order chi connectivity index (χ1) is 15.4. The summed E-state index contributed by atoms with van der Waals surface area (Å²) in [5, 5.41) is 23.8. The zero-order valence-corrected chi connectivity index (χ0v) is 17.4. The van der Waals surface area contributed by atoms with E-state index in [1.54, 1.807) is 6.92 Å². The number of phenols is 1. The quantitative estimate of drug-likeness (QED) is 0.446. The average Bonchev–Trinajstić information content (AvgIpc) is 2.72. The molecule has 1 aliphatic carbocycles. The Labute approximate surface area is 184 Å². The third-order valence-electron chi connectivity index (χ3n) is 6.09. The molecule has 0 saturated heterocycles. The minimum Gasteiger partial charge on any atom is -0.505 e. The fraction of sp³-hybridized carbons (Fsp3) is 0.364. The lowest BCUT2D eigenvalue weighted by molar-refractivity contribution is -0.273. The van der Waals surface area contributed by atoms with Gasteiger partial charge in [-0.15, -0.1) is 0 Å². The van der Waals surface area contributed by atoms with E-state index in [2.05, 4.69) is 15.3 Å². The number of halogens is 6. The van der Waals surface area contributed by atoms with E-state index in [-0.39, 0.29) is 28.6 Å². The van der Waals surface area contributed by atoms with Gasteiger partial charge < -0.3 is 15.5 Å². The van der Waals surface area contributed by atoms with Crippen LogP contribution in [0.3, 0.4) is 0 Å². The Morgan fingerprint density at radius 1 is 1.18 bits per heavy atom. The van der Waals surface area contributed by atoms with Crippen LogP contribution in [0.1, 0.15) is 48.7 Å². The van der Waals surface area contributed by atoms with Gasteiger partial charge in [-0.1, -0.05) is 6.92 Å². The van der Waals surface area contributed by atoms with Crippen molar-refractivity contribution in [3.8, 4) is 5.75 Å². The molecule has 0 saturated carbocycles. The van der Waals surface area contributed by atoms with Crippen LogP contribution in [0.4, 0.5) is 32.0 Å². The number of rotatable bonds is 3. The topological polar surface area (TPSA) is 78.3 Å². The smallest absolute Gasteiger partial charge is 0.419 e. The number of aromatic nitrogens is 2. The van der Waals surface area contributed by atoms with Crippen LogP contribution in [0.2, 0.25) is 0 Å². The molecule has 4 rings (SSSR count). The molecular formula is C22H19F6N3O2. The number of anilines is 1. The number of phenolic OH excluding ortho intramolecular Hbond substituents is 1. The zero-order chi connectivity index (χ0) is 24.3. The molecule has 3 aromatic rings. The molecule has 11 heteroatoms. The standard InChI is InChI=1S/C22H19F6N3O2/c1-3-10-7-21(33,22(26,27)28)20(12-6-14(24)18(25)19(32)17(10)12)31-16-5-11(23)4-15-13(16)8-29-9(2)30-15/h4-6,8,10,20,31-33H,3,7H2,1-2H3/t10-,20?,21-/m1/s1. The second-order valence-corrected chi connectivity index (χ2v) is 8.14. The Kier molecular flexibility index (Phi) is 5.43. The van der Waals surface area contributed by atoms with E-state index in [9.17, 15) is 36.6 Å². The summed E-state index contributed by atoms with van der Waals surface area (Å²) in [4.78, 5) is 8.04. The monoisotopic (exact) mass is 471 g/mol. The van der Waals surface area contributed by atoms with E-state index < -0.39 is 58.9 Å². The number of nitrogens with one attached hydrogen (secondary N) is 1. The number of hydrogen-bond donors (Lipinski definition) is 3. The van der Waals surface area contributed by atoms with E-state index >= 15 is 0 Å². The maximum atomic E-state index is 14.3. The van der Waals surface area contributed by atoms with Crippen molar-refractivity contribution in [3.63, 3.8) is 0 Å². The van der Waals surface area contributed by atoms with Gasteiger partial charge in [0.15, 0.2) is 17.2 Å². The molecule has 0 radical (unpaired) electrons. The lowest BCUT2D eigenvalue weighted by atomic mass is 9.69. The van der Waals surface area contributed by atoms with Crippen molar-refractivity contribution in [2.24, 2.45) is 0 Å². The molecule has 5 nitrogen and oxygen atoms in total. The highest BCUT2D eigenvalue weighted by Gasteiger charge is 2.62. The summed E-state index contributed by atoms with van der Waals surface area (Å²) in [6.45, 7) is 3.04. The second kappa shape index (κ2) is 7.75. The molecular weight excluding hydrogens is 452 g/mol. The van der Waals surface area contributed by atoms with Gasteiger partial charge in [0.1, 0.15) is 11.6 Å². The Balaban J connectivity index is 1.98. The molecule has 1 aromatic heterocycles. The summed E-state index contributed by atoms with van der Waals surface area (Å²) in [6, 6.07) is 0.377. The number of nitrogens with zero attached hydrogens (tertiary/aromatic N) is 2. The minimum atomic E-state index is -5.20. The van der Waals surface area contributed by atoms with E-state index in [1.165, 1.54) is 13.1 Å². The highest BCUT2D eigenvalue weighted by molar-refractivity contribution is 5.91. The van der Waals surface area contributed by atoms with Crippen molar-refractivity contribution in [3.05, 3.63) is 58.8 Å². The maximum Gasteiger partial charge on any atom is 0.419 e. The van der Waals surface area contributed by atoms with Crippen LogP contribution in [0.15, 0.2) is 24.4 Å². The lowest BCUT2D eigenvalue weighted by Gasteiger charge is -2.45. The van der Waals surface area contributed by atoms with Crippen molar-refractivity contribution < 1.29 is 36.6 Å². The summed E-state index contributed by atoms with van der Waals surface area (Å²) in [5.41, 5.74) is -4.26. The van der Waals surface area contributed by atoms with Gasteiger partial charge in [-0.25, -0.2) is 18.7 Å². The van der Waals surface area contributed by atoms with Crippen molar-refractivity contribution >= 4 is 16.6 Å². The number of aliphatic hydroxyl groups is 1. The van der Waals surface area contributed by atoms with Crippen molar-refractivity contribution in [1.29, 1.82) is 0 Å². The summed E-state index contributed by atoms with van der Waals surface area (Å²) in [7, 11) is 0. The van der Waals surface area contributed by atoms with Crippen LogP contribution in [-0.2, 0) is 0 Å². The van der Waals surface area contributed by atoms with Gasteiger partial charge in [0, 0.05) is 28.9 Å². The van der Waals surface area contributed by atoms with Crippen molar-refractivity contribution in [2.45, 2.75) is 50.4 Å². The summed E-state index contributed by atoms with van der Waals surface area (Å²) < 4.78 is 85.2. The number of benzene rings is 2. The van der Waals surface area contributed by atoms with Crippen LogP contribution < -0.4 is 5.32 Å². The van der Waals surface area contributed by atoms with Crippen LogP contribution in [0.5, 0.6) is 5.75 Å². The molecule has 1 aliphatic rings. The average molecular weight is 471 g/mol. The molecule has 0 bridgehead atoms. The van der Waals surface area contributed by atoms with E-state index in [0.29, 0.717) is 11.9 Å². The highest BCUT2D eigenvalue weighted by atomic mass is 19.4. The van der Waals surface area contributed by atoms with Crippen LogP contribution in [0.25, 0.3) is 10.9 Å². The van der Waals surface area contributed by atoms with E-state index in [1.807, 2.05) is 0 Å². The summed E-state index contributed by atoms with van der Waals surface area (Å²) in [5.74, 6) is -5.94. The van der Waals surface area contributed by atoms with Gasteiger partial charge in [0.25, 0.3) is 0 Å². The van der Waals surface area contributed by atoms with Gasteiger partial charge in [-0.2, -0.15) is 17.6 Å². The molecule has 0 spiro atoms. The lowest BCUT2D eigenvalue weighted by Crippen LogP contribution is -2.55. The van der Waals surface area contributed by atoms with Crippen LogP contribution in [-0.4, -0.2) is 32.0 Å². The SMILES string of the molecule is CC[C@@H]1C[C@](O)(C(F)(F)F)C(Nc2cc(F)cc3nc(C)ncc23)c2cc(F)c(F)c(O)c21. The predicted molar refractivity (Wildman–Crippen MR) is 107 cm³/mol. The molecule has 1 unspecified atom stereocenters. The molecule has 3 atom stereocenters. The van der Waals surface area contributed by atoms with E-state index in [4.69, 9.17) is 0 Å². The van der Waals surface area contributed by atoms with Crippen molar-refractivity contribution in [1.82, 2.24) is 9.97 Å². The Hall–Kier alpha value is -3.08. The van der Waals surface area contributed by atoms with Crippen molar-refractivity contribution in [2.75, 3.05) is 5.32 Å². The highest BCUT2D eigenvalue weighted by Crippen LogP contribution is 2.55. The van der Waals surface area contributed by atoms with Gasteiger partial charge in [-0.3, -0.25) is 0 Å². The zero-order valence-electron chi connectivity index (χ0n) is 17.4. The molecule has 33 heavy (non-hydrogen) atoms. The van der Waals surface area contributed by atoms with Gasteiger partial charge in [-0.05, 0) is 43.4 Å². The molecule has 1 heterocycles. The fourth-order valence-corrected chi connectivity index (χ4v) is 4.46. The number of hydrogen-bond acceptors (Lipinski definition) is 5. The summed E-state index contributed by atoms with van der Waals surface area (Å²) >= 11 is 0. The molecule has 2 aromatic carbocycles. The maximum absolute atomic E-state index is 14.3. The Bertz CT molecular complexity index is 1240. The minimum absolute atomic E-state index is 0.00670. The van der Waals surface area contributed by atoms with Crippen LogP contribution in [0, 0.1) is 24.4 Å². The summed E-state index contributed by atoms with van der Waals surface area (Å²) in [6.07, 6.45) is -4.86. The number of aromatic hydroxyl groups is 1. The first kappa shape index (κ1) is 23.1. The van der Waals surface area contributed by atoms with Gasteiger partial charge in [0.05, 0.1) is 11.6 Å². The molecule has 0 fully saturated rings. The van der Waals surface area contributed by atoms with E-state index in [0.717, 1.165) is 12.1 Å². The van der Waals surface area contributed by atoms with Gasteiger partial charge in [0.2, 0.25) is 5.82 Å². The number of alkyl halides is 3. The molecule has 176 valence electrons. The molecule has 3 N–H and O–H groups in total. The second-order valence-electron chi connectivity index (χ2n) is 8.14. The first-order valence-corrected chi connectivity index (χ1v) is 10.1. The molecule has 0 aliphatic heterocycles. The van der Waals surface area contributed by atoms with Gasteiger partial charge >= 0.3 is 6.18 Å².